The molecule has 0 radical (unpaired) electrons. The van der Waals surface area contributed by atoms with Crippen LogP contribution in [0.2, 0.25) is 0 Å². The molecule has 15 heavy (non-hydrogen) atoms. The van der Waals surface area contributed by atoms with E-state index in [0.717, 1.165) is 16.5 Å². The first-order valence-electron chi connectivity index (χ1n) is 4.57. The number of aliphatic carboxylic acids is 1. The fourth-order valence-electron chi connectivity index (χ4n) is 1.46. The number of nitrogens with one attached hydrogen (secondary N) is 1. The minimum Gasteiger partial charge on any atom is -0.480 e. The minimum absolute atomic E-state index is 0.330. The van der Waals surface area contributed by atoms with Gasteiger partial charge in [-0.2, -0.15) is 5.10 Å². The number of hydrogen-bond acceptors (Lipinski definition) is 3. The summed E-state index contributed by atoms with van der Waals surface area (Å²) in [6, 6.07) is 4.76. The largest absolute Gasteiger partial charge is 0.480 e. The highest BCUT2D eigenvalue weighted by atomic mass is 16.4. The van der Waals surface area contributed by atoms with Crippen molar-refractivity contribution >= 4 is 16.9 Å². The van der Waals surface area contributed by atoms with Crippen LogP contribution in [0.15, 0.2) is 24.4 Å². The standard InChI is InChI=1S/C10H11N3O2/c11-8(10(14)15)4-6-1-2-9-7(3-6)5-12-13-9/h1-3,5,8H,4,11H2,(H,12,13)(H,14,15)/t8-/m1/s1. The van der Waals surface area contributed by atoms with Crippen LogP contribution in [0.5, 0.6) is 0 Å². The summed E-state index contributed by atoms with van der Waals surface area (Å²) >= 11 is 0. The van der Waals surface area contributed by atoms with E-state index in [0.29, 0.717) is 6.42 Å². The molecule has 0 unspecified atom stereocenters. The van der Waals surface area contributed by atoms with Crippen molar-refractivity contribution in [3.05, 3.63) is 30.0 Å². The van der Waals surface area contributed by atoms with Crippen molar-refractivity contribution < 1.29 is 9.90 Å². The van der Waals surface area contributed by atoms with E-state index in [9.17, 15) is 4.79 Å². The van der Waals surface area contributed by atoms with Crippen molar-refractivity contribution in [3.8, 4) is 0 Å². The maximum absolute atomic E-state index is 10.6. The van der Waals surface area contributed by atoms with Crippen molar-refractivity contribution in [1.82, 2.24) is 10.2 Å². The molecule has 4 N–H and O–H groups in total. The van der Waals surface area contributed by atoms with Gasteiger partial charge >= 0.3 is 5.97 Å². The fourth-order valence-corrected chi connectivity index (χ4v) is 1.46. The second-order valence-electron chi connectivity index (χ2n) is 3.44. The van der Waals surface area contributed by atoms with Gasteiger partial charge in [-0.1, -0.05) is 6.07 Å². The Hall–Kier alpha value is -1.88. The number of nitrogens with two attached hydrogens (primary N) is 1. The predicted octanol–water partition coefficient (Wildman–Crippen LogP) is 0.517. The first kappa shape index (κ1) is 9.67. The van der Waals surface area contributed by atoms with Gasteiger partial charge in [-0.15, -0.1) is 0 Å². The second-order valence-corrected chi connectivity index (χ2v) is 3.44. The molecule has 78 valence electrons. The number of rotatable bonds is 3. The SMILES string of the molecule is N[C@H](Cc1ccc2[nH]ncc2c1)C(=O)O. The summed E-state index contributed by atoms with van der Waals surface area (Å²) < 4.78 is 0. The van der Waals surface area contributed by atoms with Crippen LogP contribution in [0.3, 0.4) is 0 Å². The highest BCUT2D eigenvalue weighted by molar-refractivity contribution is 5.79. The molecular formula is C10H11N3O2. The molecule has 2 rings (SSSR count). The number of fused-ring (bicyclic) bond motifs is 1. The summed E-state index contributed by atoms with van der Waals surface area (Å²) in [5.74, 6) is -0.984. The Bertz CT molecular complexity index is 492. The molecule has 1 heterocycles. The Morgan fingerprint density at radius 1 is 1.60 bits per heavy atom. The number of aromatic amines is 1. The van der Waals surface area contributed by atoms with Crippen LogP contribution in [-0.2, 0) is 11.2 Å². The third kappa shape index (κ3) is 1.97. The third-order valence-corrected chi connectivity index (χ3v) is 2.28. The number of nitrogens with zero attached hydrogens (tertiary/aromatic N) is 1. The Morgan fingerprint density at radius 2 is 2.40 bits per heavy atom. The number of aromatic nitrogens is 2. The monoisotopic (exact) mass is 205 g/mol. The molecule has 1 aromatic carbocycles. The summed E-state index contributed by atoms with van der Waals surface area (Å²) in [4.78, 5) is 10.6. The normalized spacial score (nSPS) is 12.9. The van der Waals surface area contributed by atoms with E-state index in [1.165, 1.54) is 0 Å². The molecule has 2 aromatic rings. The van der Waals surface area contributed by atoms with Gasteiger partial charge in [0.15, 0.2) is 0 Å². The van der Waals surface area contributed by atoms with Crippen molar-refractivity contribution in [2.45, 2.75) is 12.5 Å². The van der Waals surface area contributed by atoms with E-state index in [2.05, 4.69) is 10.2 Å². The summed E-state index contributed by atoms with van der Waals surface area (Å²) in [6.45, 7) is 0. The van der Waals surface area contributed by atoms with Crippen molar-refractivity contribution in [1.29, 1.82) is 0 Å². The molecule has 0 amide bonds. The molecule has 5 heteroatoms. The summed E-state index contributed by atoms with van der Waals surface area (Å²) in [5, 5.41) is 16.3. The zero-order valence-electron chi connectivity index (χ0n) is 7.97. The highest BCUT2D eigenvalue weighted by Crippen LogP contribution is 2.13. The Balaban J connectivity index is 2.24. The van der Waals surface area contributed by atoms with Crippen LogP contribution in [0, 0.1) is 0 Å². The smallest absolute Gasteiger partial charge is 0.320 e. The molecule has 1 aromatic heterocycles. The molecule has 0 aliphatic rings. The second kappa shape index (κ2) is 3.70. The van der Waals surface area contributed by atoms with Crippen LogP contribution >= 0.6 is 0 Å². The third-order valence-electron chi connectivity index (χ3n) is 2.28. The number of benzene rings is 1. The van der Waals surface area contributed by atoms with E-state index in [4.69, 9.17) is 10.8 Å². The first-order chi connectivity index (χ1) is 7.16. The van der Waals surface area contributed by atoms with Gasteiger partial charge in [0.25, 0.3) is 0 Å². The molecule has 1 atom stereocenters. The maximum Gasteiger partial charge on any atom is 0.320 e. The zero-order valence-corrected chi connectivity index (χ0v) is 7.97. The van der Waals surface area contributed by atoms with Gasteiger partial charge in [-0.3, -0.25) is 9.89 Å². The average Bonchev–Trinajstić information content (AvgIpc) is 2.64. The van der Waals surface area contributed by atoms with Gasteiger partial charge in [-0.25, -0.2) is 0 Å². The average molecular weight is 205 g/mol. The van der Waals surface area contributed by atoms with Gasteiger partial charge in [-0.05, 0) is 24.1 Å². The topological polar surface area (TPSA) is 92.0 Å². The summed E-state index contributed by atoms with van der Waals surface area (Å²) in [6.07, 6.45) is 2.03. The maximum atomic E-state index is 10.6. The zero-order chi connectivity index (χ0) is 10.8. The summed E-state index contributed by atoms with van der Waals surface area (Å²) in [5.41, 5.74) is 7.28. The Morgan fingerprint density at radius 3 is 3.13 bits per heavy atom. The first-order valence-corrected chi connectivity index (χ1v) is 4.57. The van der Waals surface area contributed by atoms with Crippen LogP contribution in [-0.4, -0.2) is 27.3 Å². The van der Waals surface area contributed by atoms with E-state index in [1.54, 1.807) is 6.20 Å². The number of carboxylic acids is 1. The number of carboxylic acid groups (broad SMARTS) is 1. The lowest BCUT2D eigenvalue weighted by Crippen LogP contribution is -2.32. The van der Waals surface area contributed by atoms with Gasteiger partial charge in [0, 0.05) is 5.39 Å². The van der Waals surface area contributed by atoms with E-state index < -0.39 is 12.0 Å². The van der Waals surface area contributed by atoms with Gasteiger partial charge in [0.2, 0.25) is 0 Å². The minimum atomic E-state index is -0.984. The number of H-pyrrole nitrogens is 1. The fraction of sp³-hybridized carbons (Fsp3) is 0.200. The van der Waals surface area contributed by atoms with Crippen LogP contribution in [0.25, 0.3) is 10.9 Å². The van der Waals surface area contributed by atoms with Crippen molar-refractivity contribution in [2.24, 2.45) is 5.73 Å². The van der Waals surface area contributed by atoms with E-state index >= 15 is 0 Å². The molecule has 0 saturated carbocycles. The van der Waals surface area contributed by atoms with Crippen LogP contribution in [0.4, 0.5) is 0 Å². The molecule has 0 aliphatic carbocycles. The Labute approximate surface area is 85.9 Å². The van der Waals surface area contributed by atoms with Crippen molar-refractivity contribution in [2.75, 3.05) is 0 Å². The van der Waals surface area contributed by atoms with Gasteiger partial charge < -0.3 is 10.8 Å². The molecule has 0 saturated heterocycles. The molecule has 0 bridgehead atoms. The van der Waals surface area contributed by atoms with E-state index in [1.807, 2.05) is 18.2 Å². The lowest BCUT2D eigenvalue weighted by Gasteiger charge is -2.05. The van der Waals surface area contributed by atoms with Gasteiger partial charge in [0.05, 0.1) is 11.7 Å². The van der Waals surface area contributed by atoms with Crippen LogP contribution < -0.4 is 5.73 Å². The summed E-state index contributed by atoms with van der Waals surface area (Å²) in [7, 11) is 0. The Kier molecular flexibility index (Phi) is 2.39. The lowest BCUT2D eigenvalue weighted by molar-refractivity contribution is -0.138. The molecular weight excluding hydrogens is 194 g/mol. The van der Waals surface area contributed by atoms with Crippen LogP contribution in [0.1, 0.15) is 5.56 Å². The quantitative estimate of drug-likeness (QED) is 0.681. The molecule has 0 spiro atoms. The number of carbonyl (C=O) groups is 1. The molecule has 0 fully saturated rings. The predicted molar refractivity (Wildman–Crippen MR) is 55.4 cm³/mol. The van der Waals surface area contributed by atoms with E-state index in [-0.39, 0.29) is 0 Å². The van der Waals surface area contributed by atoms with Crippen molar-refractivity contribution in [3.63, 3.8) is 0 Å². The molecule has 5 nitrogen and oxygen atoms in total. The van der Waals surface area contributed by atoms with Gasteiger partial charge in [0.1, 0.15) is 6.04 Å². The lowest BCUT2D eigenvalue weighted by atomic mass is 10.1. The highest BCUT2D eigenvalue weighted by Gasteiger charge is 2.12. The molecule has 0 aliphatic heterocycles. The number of hydrogen-bond donors (Lipinski definition) is 3.